The van der Waals surface area contributed by atoms with E-state index in [1.165, 1.54) is 30.4 Å². The first-order valence-electron chi connectivity index (χ1n) is 7.74. The fourth-order valence-electron chi connectivity index (χ4n) is 2.67. The molecule has 1 aromatic carbocycles. The number of carbonyl (C=O) groups excluding carboxylic acids is 2. The smallest absolute Gasteiger partial charge is 0.361 e. The number of aryl methyl sites for hydroxylation is 2. The summed E-state index contributed by atoms with van der Waals surface area (Å²) in [5.41, 5.74) is 8.75. The van der Waals surface area contributed by atoms with Crippen molar-refractivity contribution in [3.8, 4) is 0 Å². The maximum absolute atomic E-state index is 12.2. The number of carbonyl (C=O) groups is 2. The number of rotatable bonds is 4. The van der Waals surface area contributed by atoms with E-state index in [2.05, 4.69) is 15.3 Å². The highest BCUT2D eigenvalue weighted by Crippen LogP contribution is 2.25. The van der Waals surface area contributed by atoms with Crippen molar-refractivity contribution in [3.63, 3.8) is 0 Å². The number of fused-ring (bicyclic) bond motifs is 1. The quantitative estimate of drug-likeness (QED) is 0.829. The van der Waals surface area contributed by atoms with E-state index >= 15 is 0 Å². The first-order chi connectivity index (χ1) is 11.5. The van der Waals surface area contributed by atoms with Crippen LogP contribution in [0.15, 0.2) is 30.6 Å². The maximum Gasteiger partial charge on any atom is 0.361 e. The fraction of sp³-hybridized carbons (Fsp3) is 0.294. The summed E-state index contributed by atoms with van der Waals surface area (Å²) >= 11 is 0. The summed E-state index contributed by atoms with van der Waals surface area (Å²) in [6, 6.07) is 5.85. The van der Waals surface area contributed by atoms with E-state index in [9.17, 15) is 9.59 Å². The van der Waals surface area contributed by atoms with Gasteiger partial charge in [-0.2, -0.15) is 0 Å². The molecular formula is C17H18N4O3. The average Bonchev–Trinajstić information content (AvgIpc) is 3.02. The second-order valence-electron chi connectivity index (χ2n) is 5.66. The summed E-state index contributed by atoms with van der Waals surface area (Å²) in [5.74, 6) is -1.23. The second kappa shape index (κ2) is 6.66. The molecule has 1 aliphatic carbocycles. The molecule has 7 nitrogen and oxygen atoms in total. The van der Waals surface area contributed by atoms with E-state index in [4.69, 9.17) is 10.5 Å². The van der Waals surface area contributed by atoms with Crippen LogP contribution < -0.4 is 11.1 Å². The highest BCUT2D eigenvalue weighted by molar-refractivity contribution is 5.98. The van der Waals surface area contributed by atoms with E-state index in [1.807, 2.05) is 18.2 Å². The third-order valence-electron chi connectivity index (χ3n) is 3.94. The number of nitrogen functional groups attached to an aromatic ring is 1. The van der Waals surface area contributed by atoms with Gasteiger partial charge in [-0.25, -0.2) is 14.8 Å². The number of hydrogen-bond donors (Lipinski definition) is 2. The summed E-state index contributed by atoms with van der Waals surface area (Å²) in [5, 5.41) is 2.76. The van der Waals surface area contributed by atoms with Crippen molar-refractivity contribution in [1.82, 2.24) is 9.97 Å². The Bertz CT molecular complexity index is 791. The van der Waals surface area contributed by atoms with Crippen LogP contribution in [0.5, 0.6) is 0 Å². The lowest BCUT2D eigenvalue weighted by Gasteiger charge is -2.14. The molecule has 1 amide bonds. The van der Waals surface area contributed by atoms with Gasteiger partial charge in [-0.3, -0.25) is 4.79 Å². The molecule has 3 N–H and O–H groups in total. The number of ether oxygens (including phenoxy) is 1. The Balaban J connectivity index is 1.63. The van der Waals surface area contributed by atoms with Gasteiger partial charge < -0.3 is 15.8 Å². The summed E-state index contributed by atoms with van der Waals surface area (Å²) in [6.07, 6.45) is 4.97. The first-order valence-corrected chi connectivity index (χ1v) is 7.74. The topological polar surface area (TPSA) is 107 Å². The van der Waals surface area contributed by atoms with Crippen LogP contribution in [0, 0.1) is 0 Å². The van der Waals surface area contributed by atoms with Crippen molar-refractivity contribution >= 4 is 23.4 Å². The highest BCUT2D eigenvalue weighted by Gasteiger charge is 2.22. The Morgan fingerprint density at radius 3 is 2.75 bits per heavy atom. The number of esters is 1. The van der Waals surface area contributed by atoms with Gasteiger partial charge in [0.1, 0.15) is 0 Å². The largest absolute Gasteiger partial charge is 0.448 e. The molecule has 24 heavy (non-hydrogen) atoms. The van der Waals surface area contributed by atoms with Gasteiger partial charge in [-0.05, 0) is 49.4 Å². The van der Waals surface area contributed by atoms with Crippen LogP contribution in [0.3, 0.4) is 0 Å². The predicted molar refractivity (Wildman–Crippen MR) is 88.4 cm³/mol. The van der Waals surface area contributed by atoms with E-state index in [0.29, 0.717) is 5.69 Å². The van der Waals surface area contributed by atoms with Crippen molar-refractivity contribution < 1.29 is 14.3 Å². The molecule has 0 bridgehead atoms. The standard InChI is InChI=1S/C17H18N4O3/c1-10(24-17(23)14-15(18)20-8-7-19-14)16(22)21-13-6-5-11-3-2-4-12(11)9-13/h5-10H,2-4H2,1H3,(H2,18,20)(H,21,22)/t10-/m1/s1. The molecule has 0 spiro atoms. The Hall–Kier alpha value is -2.96. The lowest BCUT2D eigenvalue weighted by Crippen LogP contribution is -2.30. The van der Waals surface area contributed by atoms with Gasteiger partial charge in [0.05, 0.1) is 0 Å². The van der Waals surface area contributed by atoms with Crippen LogP contribution in [-0.2, 0) is 22.4 Å². The van der Waals surface area contributed by atoms with Crippen molar-refractivity contribution in [3.05, 3.63) is 47.4 Å². The van der Waals surface area contributed by atoms with Gasteiger partial charge in [0, 0.05) is 18.1 Å². The number of aromatic nitrogens is 2. The van der Waals surface area contributed by atoms with Crippen LogP contribution >= 0.6 is 0 Å². The minimum absolute atomic E-state index is 0.0336. The van der Waals surface area contributed by atoms with Gasteiger partial charge >= 0.3 is 5.97 Å². The molecular weight excluding hydrogens is 308 g/mol. The third kappa shape index (κ3) is 3.34. The van der Waals surface area contributed by atoms with Crippen molar-refractivity contribution in [1.29, 1.82) is 0 Å². The lowest BCUT2D eigenvalue weighted by molar-refractivity contribution is -0.123. The SMILES string of the molecule is C[C@@H](OC(=O)c1nccnc1N)C(=O)Nc1ccc2c(c1)CCC2. The number of benzene rings is 1. The molecule has 1 atom stereocenters. The molecule has 1 aromatic heterocycles. The lowest BCUT2D eigenvalue weighted by atomic mass is 10.1. The Kier molecular flexibility index (Phi) is 4.41. The van der Waals surface area contributed by atoms with Crippen LogP contribution in [-0.4, -0.2) is 27.9 Å². The average molecular weight is 326 g/mol. The summed E-state index contributed by atoms with van der Waals surface area (Å²) in [6.45, 7) is 1.49. The molecule has 0 unspecified atom stereocenters. The summed E-state index contributed by atoms with van der Waals surface area (Å²) in [4.78, 5) is 31.8. The maximum atomic E-state index is 12.2. The molecule has 124 valence electrons. The van der Waals surface area contributed by atoms with Gasteiger partial charge in [0.15, 0.2) is 17.6 Å². The zero-order chi connectivity index (χ0) is 17.1. The minimum atomic E-state index is -0.979. The predicted octanol–water partition coefficient (Wildman–Crippen LogP) is 1.73. The number of amides is 1. The zero-order valence-corrected chi connectivity index (χ0v) is 13.3. The van der Waals surface area contributed by atoms with Crippen LogP contribution in [0.25, 0.3) is 0 Å². The van der Waals surface area contributed by atoms with Crippen LogP contribution in [0.4, 0.5) is 11.5 Å². The molecule has 0 saturated carbocycles. The second-order valence-corrected chi connectivity index (χ2v) is 5.66. The number of hydrogen-bond acceptors (Lipinski definition) is 6. The van der Waals surface area contributed by atoms with Crippen molar-refractivity contribution in [2.24, 2.45) is 0 Å². The van der Waals surface area contributed by atoms with E-state index in [-0.39, 0.29) is 11.5 Å². The van der Waals surface area contributed by atoms with E-state index in [0.717, 1.165) is 19.3 Å². The molecule has 0 fully saturated rings. The van der Waals surface area contributed by atoms with Crippen LogP contribution in [0.1, 0.15) is 35.0 Å². The molecule has 0 aliphatic heterocycles. The normalized spacial score (nSPS) is 13.9. The zero-order valence-electron chi connectivity index (χ0n) is 13.3. The summed E-state index contributed by atoms with van der Waals surface area (Å²) in [7, 11) is 0. The number of nitrogens with zero attached hydrogens (tertiary/aromatic N) is 2. The first kappa shape index (κ1) is 15.9. The monoisotopic (exact) mass is 326 g/mol. The molecule has 1 aliphatic rings. The highest BCUT2D eigenvalue weighted by atomic mass is 16.5. The third-order valence-corrected chi connectivity index (χ3v) is 3.94. The van der Waals surface area contributed by atoms with Crippen molar-refractivity contribution in [2.75, 3.05) is 11.1 Å². The minimum Gasteiger partial charge on any atom is -0.448 e. The molecule has 0 saturated heterocycles. The molecule has 0 radical (unpaired) electrons. The number of nitrogens with two attached hydrogens (primary N) is 1. The van der Waals surface area contributed by atoms with Gasteiger partial charge in [-0.1, -0.05) is 6.07 Å². The molecule has 2 aromatic rings. The Morgan fingerprint density at radius 1 is 1.21 bits per heavy atom. The Morgan fingerprint density at radius 2 is 1.96 bits per heavy atom. The van der Waals surface area contributed by atoms with E-state index in [1.54, 1.807) is 0 Å². The molecule has 3 rings (SSSR count). The van der Waals surface area contributed by atoms with Crippen molar-refractivity contribution in [2.45, 2.75) is 32.3 Å². The number of nitrogens with one attached hydrogen (secondary N) is 1. The fourth-order valence-corrected chi connectivity index (χ4v) is 2.67. The Labute approximate surface area is 139 Å². The van der Waals surface area contributed by atoms with E-state index < -0.39 is 18.0 Å². The van der Waals surface area contributed by atoms with Gasteiger partial charge in [0.25, 0.3) is 5.91 Å². The van der Waals surface area contributed by atoms with Gasteiger partial charge in [-0.15, -0.1) is 0 Å². The molecule has 7 heteroatoms. The number of anilines is 2. The summed E-state index contributed by atoms with van der Waals surface area (Å²) < 4.78 is 5.11. The van der Waals surface area contributed by atoms with Gasteiger partial charge in [0.2, 0.25) is 0 Å². The molecule has 1 heterocycles. The van der Waals surface area contributed by atoms with Crippen LogP contribution in [0.2, 0.25) is 0 Å².